The van der Waals surface area contributed by atoms with E-state index in [9.17, 15) is 4.79 Å². The number of esters is 1. The zero-order chi connectivity index (χ0) is 15.6. The topological polar surface area (TPSA) is 53.3 Å². The molecule has 0 atom stereocenters. The zero-order valence-corrected chi connectivity index (χ0v) is 13.1. The third kappa shape index (κ3) is 2.88. The molecule has 1 heterocycles. The van der Waals surface area contributed by atoms with Crippen LogP contribution in [0.1, 0.15) is 35.9 Å². The normalized spacial score (nSPS) is 10.8. The summed E-state index contributed by atoms with van der Waals surface area (Å²) in [6, 6.07) is 7.39. The first-order valence-corrected chi connectivity index (χ1v) is 6.88. The summed E-state index contributed by atoms with van der Waals surface area (Å²) in [5.41, 5.74) is 1.64. The Bertz CT molecular complexity index is 665. The maximum Gasteiger partial charge on any atom is 0.360 e. The van der Waals surface area contributed by atoms with Gasteiger partial charge in [0.2, 0.25) is 0 Å². The number of benzene rings is 1. The number of methoxy groups -OCH3 is 2. The molecular weight excluding hydrogens is 292 g/mol. The molecule has 112 valence electrons. The van der Waals surface area contributed by atoms with Crippen molar-refractivity contribution in [3.63, 3.8) is 0 Å². The van der Waals surface area contributed by atoms with Gasteiger partial charge in [-0.3, -0.25) is 0 Å². The Morgan fingerprint density at radius 2 is 2.05 bits per heavy atom. The van der Waals surface area contributed by atoms with E-state index in [4.69, 9.17) is 21.1 Å². The van der Waals surface area contributed by atoms with Crippen molar-refractivity contribution < 1.29 is 14.3 Å². The van der Waals surface area contributed by atoms with Crippen LogP contribution in [0.4, 0.5) is 0 Å². The van der Waals surface area contributed by atoms with Crippen molar-refractivity contribution in [2.45, 2.75) is 19.8 Å². The van der Waals surface area contributed by atoms with Gasteiger partial charge in [-0.2, -0.15) is 5.10 Å². The van der Waals surface area contributed by atoms with E-state index in [0.717, 1.165) is 11.4 Å². The Balaban J connectivity index is 2.64. The van der Waals surface area contributed by atoms with Crippen LogP contribution in [0.15, 0.2) is 24.3 Å². The first kappa shape index (κ1) is 15.4. The molecule has 0 N–H and O–H groups in total. The molecule has 0 aliphatic carbocycles. The van der Waals surface area contributed by atoms with Gasteiger partial charge in [-0.25, -0.2) is 9.48 Å². The van der Waals surface area contributed by atoms with Gasteiger partial charge in [-0.15, -0.1) is 0 Å². The van der Waals surface area contributed by atoms with Crippen molar-refractivity contribution in [1.29, 1.82) is 0 Å². The molecule has 0 unspecified atom stereocenters. The van der Waals surface area contributed by atoms with Crippen LogP contribution in [0.2, 0.25) is 5.02 Å². The molecule has 2 rings (SSSR count). The minimum absolute atomic E-state index is 0.0922. The lowest BCUT2D eigenvalue weighted by Gasteiger charge is -2.11. The molecule has 0 bridgehead atoms. The third-order valence-electron chi connectivity index (χ3n) is 3.08. The van der Waals surface area contributed by atoms with Gasteiger partial charge in [0, 0.05) is 6.07 Å². The number of ether oxygens (including phenoxy) is 2. The smallest absolute Gasteiger partial charge is 0.360 e. The molecule has 0 spiro atoms. The summed E-state index contributed by atoms with van der Waals surface area (Å²) in [7, 11) is 2.90. The SMILES string of the molecule is COC(=O)c1nn(-c2cccc(OC)c2)c(C(C)C)c1Cl. The van der Waals surface area contributed by atoms with Crippen LogP contribution in [-0.2, 0) is 4.74 Å². The maximum atomic E-state index is 11.8. The highest BCUT2D eigenvalue weighted by atomic mass is 35.5. The van der Waals surface area contributed by atoms with E-state index >= 15 is 0 Å². The molecule has 2 aromatic rings. The summed E-state index contributed by atoms with van der Waals surface area (Å²) in [5.74, 6) is 0.242. The molecule has 1 aromatic heterocycles. The zero-order valence-electron chi connectivity index (χ0n) is 12.4. The summed E-state index contributed by atoms with van der Waals surface area (Å²) < 4.78 is 11.6. The lowest BCUT2D eigenvalue weighted by molar-refractivity contribution is 0.0593. The van der Waals surface area contributed by atoms with E-state index in [1.54, 1.807) is 11.8 Å². The van der Waals surface area contributed by atoms with Crippen LogP contribution >= 0.6 is 11.6 Å². The number of carbonyl (C=O) groups excluding carboxylic acids is 1. The van der Waals surface area contributed by atoms with Gasteiger partial charge in [0.25, 0.3) is 0 Å². The standard InChI is InChI=1S/C15H17ClN2O3/c1-9(2)14-12(16)13(15(19)21-4)17-18(14)10-6-5-7-11(8-10)20-3/h5-9H,1-4H3. The monoisotopic (exact) mass is 308 g/mol. The Morgan fingerprint density at radius 1 is 1.33 bits per heavy atom. The lowest BCUT2D eigenvalue weighted by Crippen LogP contribution is -2.06. The van der Waals surface area contributed by atoms with Crippen molar-refractivity contribution in [3.8, 4) is 11.4 Å². The van der Waals surface area contributed by atoms with E-state index in [1.165, 1.54) is 7.11 Å². The maximum absolute atomic E-state index is 11.8. The van der Waals surface area contributed by atoms with Crippen LogP contribution in [0, 0.1) is 0 Å². The molecule has 0 aliphatic rings. The molecule has 0 aliphatic heterocycles. The van der Waals surface area contributed by atoms with Gasteiger partial charge < -0.3 is 9.47 Å². The largest absolute Gasteiger partial charge is 0.497 e. The van der Waals surface area contributed by atoms with Gasteiger partial charge in [-0.1, -0.05) is 31.5 Å². The summed E-state index contributed by atoms with van der Waals surface area (Å²) >= 11 is 6.31. The van der Waals surface area contributed by atoms with Crippen molar-refractivity contribution >= 4 is 17.6 Å². The van der Waals surface area contributed by atoms with Crippen molar-refractivity contribution in [2.75, 3.05) is 14.2 Å². The molecule has 6 heteroatoms. The minimum atomic E-state index is -0.552. The van der Waals surface area contributed by atoms with Crippen molar-refractivity contribution in [2.24, 2.45) is 0 Å². The fourth-order valence-corrected chi connectivity index (χ4v) is 2.49. The van der Waals surface area contributed by atoms with E-state index < -0.39 is 5.97 Å². The first-order valence-electron chi connectivity index (χ1n) is 6.50. The molecule has 21 heavy (non-hydrogen) atoms. The average Bonchev–Trinajstić information content (AvgIpc) is 2.84. The number of carbonyl (C=O) groups is 1. The van der Waals surface area contributed by atoms with Crippen LogP contribution in [0.25, 0.3) is 5.69 Å². The second-order valence-electron chi connectivity index (χ2n) is 4.81. The van der Waals surface area contributed by atoms with E-state index in [1.807, 2.05) is 38.1 Å². The fraction of sp³-hybridized carbons (Fsp3) is 0.333. The van der Waals surface area contributed by atoms with Crippen molar-refractivity contribution in [3.05, 3.63) is 40.7 Å². The minimum Gasteiger partial charge on any atom is -0.497 e. The predicted octanol–water partition coefficient (Wildman–Crippen LogP) is 3.44. The van der Waals surface area contributed by atoms with Gasteiger partial charge in [0.05, 0.1) is 30.6 Å². The highest BCUT2D eigenvalue weighted by molar-refractivity contribution is 6.34. The molecule has 0 amide bonds. The molecule has 5 nitrogen and oxygen atoms in total. The molecule has 0 saturated carbocycles. The summed E-state index contributed by atoms with van der Waals surface area (Å²) in [4.78, 5) is 11.8. The number of hydrogen-bond acceptors (Lipinski definition) is 4. The molecular formula is C15H17ClN2O3. The third-order valence-corrected chi connectivity index (χ3v) is 3.46. The number of halogens is 1. The van der Waals surface area contributed by atoms with Crippen LogP contribution in [-0.4, -0.2) is 30.0 Å². The Kier molecular flexibility index (Phi) is 4.53. The van der Waals surface area contributed by atoms with E-state index in [0.29, 0.717) is 10.8 Å². The van der Waals surface area contributed by atoms with E-state index in [-0.39, 0.29) is 11.6 Å². The molecule has 1 aromatic carbocycles. The fourth-order valence-electron chi connectivity index (χ4n) is 2.08. The summed E-state index contributed by atoms with van der Waals surface area (Å²) in [6.45, 7) is 3.97. The Morgan fingerprint density at radius 3 is 2.62 bits per heavy atom. The van der Waals surface area contributed by atoms with Gasteiger partial charge >= 0.3 is 5.97 Å². The van der Waals surface area contributed by atoms with Gasteiger partial charge in [0.1, 0.15) is 5.75 Å². The van der Waals surface area contributed by atoms with Crippen molar-refractivity contribution in [1.82, 2.24) is 9.78 Å². The van der Waals surface area contributed by atoms with Gasteiger partial charge in [0.15, 0.2) is 5.69 Å². The van der Waals surface area contributed by atoms with Crippen LogP contribution in [0.5, 0.6) is 5.75 Å². The molecule has 0 saturated heterocycles. The average molecular weight is 309 g/mol. The summed E-state index contributed by atoms with van der Waals surface area (Å²) in [5, 5.41) is 4.62. The Hall–Kier alpha value is -2.01. The van der Waals surface area contributed by atoms with Crippen LogP contribution < -0.4 is 4.74 Å². The summed E-state index contributed by atoms with van der Waals surface area (Å²) in [6.07, 6.45) is 0. The predicted molar refractivity (Wildman–Crippen MR) is 80.6 cm³/mol. The highest BCUT2D eigenvalue weighted by Crippen LogP contribution is 2.31. The lowest BCUT2D eigenvalue weighted by atomic mass is 10.1. The molecule has 0 fully saturated rings. The molecule has 0 radical (unpaired) electrons. The second-order valence-corrected chi connectivity index (χ2v) is 5.19. The second kappa shape index (κ2) is 6.18. The highest BCUT2D eigenvalue weighted by Gasteiger charge is 2.24. The number of rotatable bonds is 4. The number of nitrogens with zero attached hydrogens (tertiary/aromatic N) is 2. The number of aromatic nitrogens is 2. The first-order chi connectivity index (χ1) is 9.99. The Labute approximate surface area is 128 Å². The van der Waals surface area contributed by atoms with Gasteiger partial charge in [-0.05, 0) is 18.1 Å². The van der Waals surface area contributed by atoms with E-state index in [2.05, 4.69) is 5.10 Å². The quantitative estimate of drug-likeness (QED) is 0.812. The number of hydrogen-bond donors (Lipinski definition) is 0. The van der Waals surface area contributed by atoms with Crippen LogP contribution in [0.3, 0.4) is 0 Å².